The van der Waals surface area contributed by atoms with Crippen LogP contribution in [0.2, 0.25) is 0 Å². The molecule has 1 aromatic heterocycles. The third-order valence-electron chi connectivity index (χ3n) is 2.03. The molecule has 1 aromatic carbocycles. The maximum atomic E-state index is 12.2. The molecule has 0 bridgehead atoms. The highest BCUT2D eigenvalue weighted by atomic mass is 19.4. The van der Waals surface area contributed by atoms with E-state index in [4.69, 9.17) is 5.73 Å². The molecule has 0 aliphatic carbocycles. The van der Waals surface area contributed by atoms with Crippen LogP contribution in [0.25, 0.3) is 11.0 Å². The topological polar surface area (TPSA) is 60.9 Å². The van der Waals surface area contributed by atoms with Crippen LogP contribution >= 0.6 is 0 Å². The summed E-state index contributed by atoms with van der Waals surface area (Å²) in [5, 5.41) is 0. The van der Waals surface area contributed by atoms with Gasteiger partial charge in [0.2, 0.25) is 0 Å². The van der Waals surface area contributed by atoms with Gasteiger partial charge < -0.3 is 5.73 Å². The summed E-state index contributed by atoms with van der Waals surface area (Å²) in [5.41, 5.74) is 6.14. The smallest absolute Gasteiger partial charge is 0.399 e. The average Bonchev–Trinajstić information content (AvgIpc) is 2.57. The van der Waals surface area contributed by atoms with Gasteiger partial charge in [0.25, 0.3) is 0 Å². The molecule has 1 heterocycles. The maximum Gasteiger partial charge on any atom is 0.472 e. The summed E-state index contributed by atoms with van der Waals surface area (Å²) < 4.78 is 37.0. The molecule has 0 radical (unpaired) electrons. The van der Waals surface area contributed by atoms with Gasteiger partial charge in [-0.05, 0) is 18.2 Å². The standard InChI is InChI=1S/C9H6F3N3O/c10-9(11,12)8(16)15-4-14-6-3-5(13)1-2-7(6)15/h1-4H,13H2. The average molecular weight is 229 g/mol. The molecule has 0 aliphatic rings. The molecule has 84 valence electrons. The first kappa shape index (κ1) is 10.5. The Morgan fingerprint density at radius 2 is 2.06 bits per heavy atom. The number of carbonyl (C=O) groups excluding carboxylic acids is 1. The molecule has 2 aromatic rings. The van der Waals surface area contributed by atoms with Crippen LogP contribution in [0.15, 0.2) is 24.5 Å². The van der Waals surface area contributed by atoms with Gasteiger partial charge >= 0.3 is 12.1 Å². The highest BCUT2D eigenvalue weighted by Crippen LogP contribution is 2.22. The molecule has 0 unspecified atom stereocenters. The third-order valence-corrected chi connectivity index (χ3v) is 2.03. The number of anilines is 1. The molecule has 0 saturated heterocycles. The highest BCUT2D eigenvalue weighted by Gasteiger charge is 2.40. The number of halogens is 3. The first-order valence-electron chi connectivity index (χ1n) is 4.23. The van der Waals surface area contributed by atoms with E-state index in [0.29, 0.717) is 10.3 Å². The first-order valence-corrected chi connectivity index (χ1v) is 4.23. The lowest BCUT2D eigenvalue weighted by Crippen LogP contribution is -2.28. The van der Waals surface area contributed by atoms with Crippen molar-refractivity contribution in [1.29, 1.82) is 0 Å². The van der Waals surface area contributed by atoms with Crippen LogP contribution < -0.4 is 5.73 Å². The van der Waals surface area contributed by atoms with Crippen molar-refractivity contribution in [3.05, 3.63) is 24.5 Å². The molecule has 0 aliphatic heterocycles. The minimum atomic E-state index is -4.92. The number of nitrogens with two attached hydrogens (primary N) is 1. The van der Waals surface area contributed by atoms with Crippen LogP contribution in [-0.4, -0.2) is 21.6 Å². The quantitative estimate of drug-likeness (QED) is 0.701. The Bertz CT molecular complexity index is 559. The molecule has 0 atom stereocenters. The number of carbonyl (C=O) groups is 1. The molecule has 2 N–H and O–H groups in total. The summed E-state index contributed by atoms with van der Waals surface area (Å²) >= 11 is 0. The van der Waals surface area contributed by atoms with E-state index in [9.17, 15) is 18.0 Å². The van der Waals surface area contributed by atoms with E-state index in [1.807, 2.05) is 0 Å². The summed E-state index contributed by atoms with van der Waals surface area (Å²) in [5.74, 6) is -1.97. The van der Waals surface area contributed by atoms with Gasteiger partial charge in [-0.3, -0.25) is 9.36 Å². The van der Waals surface area contributed by atoms with Crippen molar-refractivity contribution in [1.82, 2.24) is 9.55 Å². The number of alkyl halides is 3. The Morgan fingerprint density at radius 3 is 2.69 bits per heavy atom. The Labute approximate surface area is 87.5 Å². The number of nitrogens with zero attached hydrogens (tertiary/aromatic N) is 2. The minimum Gasteiger partial charge on any atom is -0.399 e. The minimum absolute atomic E-state index is 0.0801. The van der Waals surface area contributed by atoms with Crippen molar-refractivity contribution in [2.75, 3.05) is 5.73 Å². The summed E-state index contributed by atoms with van der Waals surface area (Å²) in [4.78, 5) is 14.7. The molecule has 0 saturated carbocycles. The fourth-order valence-corrected chi connectivity index (χ4v) is 1.33. The first-order chi connectivity index (χ1) is 7.39. The van der Waals surface area contributed by atoms with Crippen LogP contribution in [0.3, 0.4) is 0 Å². The van der Waals surface area contributed by atoms with Crippen molar-refractivity contribution in [3.8, 4) is 0 Å². The van der Waals surface area contributed by atoms with Gasteiger partial charge in [0.05, 0.1) is 11.0 Å². The largest absolute Gasteiger partial charge is 0.472 e. The Kier molecular flexibility index (Phi) is 2.11. The second-order valence-corrected chi connectivity index (χ2v) is 3.17. The van der Waals surface area contributed by atoms with Gasteiger partial charge in [-0.15, -0.1) is 0 Å². The fourth-order valence-electron chi connectivity index (χ4n) is 1.33. The Balaban J connectivity index is 2.59. The third kappa shape index (κ3) is 1.60. The number of hydrogen-bond acceptors (Lipinski definition) is 3. The zero-order valence-electron chi connectivity index (χ0n) is 7.82. The van der Waals surface area contributed by atoms with Gasteiger partial charge in [0, 0.05) is 5.69 Å². The van der Waals surface area contributed by atoms with Crippen molar-refractivity contribution in [3.63, 3.8) is 0 Å². The number of fused-ring (bicyclic) bond motifs is 1. The monoisotopic (exact) mass is 229 g/mol. The van der Waals surface area contributed by atoms with E-state index in [1.165, 1.54) is 18.2 Å². The zero-order valence-corrected chi connectivity index (χ0v) is 7.82. The Morgan fingerprint density at radius 1 is 1.38 bits per heavy atom. The molecule has 0 spiro atoms. The molecule has 7 heteroatoms. The van der Waals surface area contributed by atoms with Gasteiger partial charge in [-0.2, -0.15) is 13.2 Å². The van der Waals surface area contributed by atoms with Gasteiger partial charge in [-0.1, -0.05) is 0 Å². The number of rotatable bonds is 0. The number of aromatic nitrogens is 2. The van der Waals surface area contributed by atoms with E-state index in [0.717, 1.165) is 6.33 Å². The van der Waals surface area contributed by atoms with Crippen molar-refractivity contribution >= 4 is 22.6 Å². The summed E-state index contributed by atoms with van der Waals surface area (Å²) in [6.07, 6.45) is -4.09. The Hall–Kier alpha value is -2.05. The lowest BCUT2D eigenvalue weighted by Gasteiger charge is -2.05. The van der Waals surface area contributed by atoms with E-state index < -0.39 is 12.1 Å². The maximum absolute atomic E-state index is 12.2. The van der Waals surface area contributed by atoms with E-state index in [1.54, 1.807) is 0 Å². The van der Waals surface area contributed by atoms with Crippen LogP contribution in [0.1, 0.15) is 4.79 Å². The van der Waals surface area contributed by atoms with Crippen LogP contribution in [0.4, 0.5) is 18.9 Å². The highest BCUT2D eigenvalue weighted by molar-refractivity contribution is 5.93. The van der Waals surface area contributed by atoms with Crippen molar-refractivity contribution < 1.29 is 18.0 Å². The number of hydrogen-bond donors (Lipinski definition) is 1. The molecule has 0 fully saturated rings. The van der Waals surface area contributed by atoms with E-state index in [-0.39, 0.29) is 11.0 Å². The van der Waals surface area contributed by atoms with Crippen LogP contribution in [0.5, 0.6) is 0 Å². The zero-order chi connectivity index (χ0) is 11.9. The number of benzene rings is 1. The molecular weight excluding hydrogens is 223 g/mol. The second kappa shape index (κ2) is 3.22. The summed E-state index contributed by atoms with van der Waals surface area (Å²) in [6, 6.07) is 4.13. The SMILES string of the molecule is Nc1ccc2c(c1)ncn2C(=O)C(F)(F)F. The normalized spacial score (nSPS) is 11.9. The van der Waals surface area contributed by atoms with Crippen molar-refractivity contribution in [2.45, 2.75) is 6.18 Å². The van der Waals surface area contributed by atoms with E-state index >= 15 is 0 Å². The molecule has 0 amide bonds. The molecule has 16 heavy (non-hydrogen) atoms. The van der Waals surface area contributed by atoms with Gasteiger partial charge in [0.1, 0.15) is 6.33 Å². The predicted octanol–water partition coefficient (Wildman–Crippen LogP) is 1.82. The van der Waals surface area contributed by atoms with Gasteiger partial charge in [0.15, 0.2) is 0 Å². The summed E-state index contributed by atoms with van der Waals surface area (Å²) in [6.45, 7) is 0. The lowest BCUT2D eigenvalue weighted by molar-refractivity contribution is -0.0943. The molecule has 4 nitrogen and oxygen atoms in total. The summed E-state index contributed by atoms with van der Waals surface area (Å²) in [7, 11) is 0. The predicted molar refractivity (Wildman–Crippen MR) is 50.8 cm³/mol. The fraction of sp³-hybridized carbons (Fsp3) is 0.111. The van der Waals surface area contributed by atoms with Crippen LogP contribution in [-0.2, 0) is 0 Å². The van der Waals surface area contributed by atoms with E-state index in [2.05, 4.69) is 4.98 Å². The number of imidazole rings is 1. The second-order valence-electron chi connectivity index (χ2n) is 3.17. The van der Waals surface area contributed by atoms with Crippen molar-refractivity contribution in [2.24, 2.45) is 0 Å². The molecule has 2 rings (SSSR count). The molecular formula is C9H6F3N3O. The van der Waals surface area contributed by atoms with Crippen LogP contribution in [0, 0.1) is 0 Å². The number of nitrogen functional groups attached to an aromatic ring is 1. The lowest BCUT2D eigenvalue weighted by atomic mass is 10.3. The van der Waals surface area contributed by atoms with Gasteiger partial charge in [-0.25, -0.2) is 4.98 Å².